The zero-order valence-electron chi connectivity index (χ0n) is 55.2. The number of carbonyl (C=O) groups is 4. The Labute approximate surface area is 590 Å². The molecule has 590 valence electrons. The first-order valence-corrected chi connectivity index (χ1v) is 35.4. The first-order chi connectivity index (χ1) is 48.6. The van der Waals surface area contributed by atoms with Crippen molar-refractivity contribution in [1.82, 2.24) is 5.32 Å². The number of aliphatic carboxylic acids is 2. The maximum atomic E-state index is 13.0. The number of likely N-dealkylation sites (N-methyl/N-ethyl adjacent to an activating group) is 1. The summed E-state index contributed by atoms with van der Waals surface area (Å²) in [5.41, 5.74) is 0. The first kappa shape index (κ1) is 85.2. The summed E-state index contributed by atoms with van der Waals surface area (Å²) in [6, 6.07) is -1.15. The Morgan fingerprint density at radius 1 is 0.392 bits per heavy atom. The number of hydrogen-bond acceptors (Lipinski definition) is 41. The summed E-state index contributed by atoms with van der Waals surface area (Å²) >= 11 is 1.73. The number of nitrogens with one attached hydrogen (secondary N) is 1. The lowest BCUT2D eigenvalue weighted by Gasteiger charge is -2.50. The molecule has 0 spiro atoms. The lowest BCUT2D eigenvalue weighted by molar-refractivity contribution is -0.395. The second kappa shape index (κ2) is 39.8. The third-order valence-corrected chi connectivity index (χ3v) is 20.8. The SMILES string of the molecule is CN[C@H](CSCC1O[C@H]2O[C@@H]3C(CO)O[C@H](O[C@@H]4C(CO)O[C@H](O[C@@H]5C(CO)O[C@H](O[C@@H]6C(CSC[C@@H](CC(=O)CCOCCOCCC(C)=O)C(=O)O)O[C@H](O[C@@H]7C(CO)O[C@@H](O[C@H]8CC(O)[C@@H](OC8CO)O[C@H]1[C@H](O)C2O)C(O)[C@H]7O)C(O)[C@H]6O)C(O)[C@H]5O)C(O)[C@H]4O)C(O)[C@H]3O)C(=O)O. The minimum Gasteiger partial charge on any atom is -0.481 e. The summed E-state index contributed by atoms with van der Waals surface area (Å²) in [4.78, 5) is 48.7. The minimum atomic E-state index is -2.29. The van der Waals surface area contributed by atoms with E-state index in [4.69, 9.17) is 75.8 Å². The Bertz CT molecular complexity index is 2580. The van der Waals surface area contributed by atoms with Crippen LogP contribution in [-0.2, 0) is 95.0 Å². The summed E-state index contributed by atoms with van der Waals surface area (Å²) in [5.74, 6) is -5.85. The van der Waals surface area contributed by atoms with Crippen molar-refractivity contribution < 1.29 is 197 Å². The molecular formula is C59H97NO40S2. The number of aliphatic hydroxyl groups is 18. The van der Waals surface area contributed by atoms with Crippen molar-refractivity contribution in [3.63, 3.8) is 0 Å². The Morgan fingerprint density at radius 3 is 1.04 bits per heavy atom. The third-order valence-electron chi connectivity index (χ3n) is 18.4. The van der Waals surface area contributed by atoms with Crippen molar-refractivity contribution in [1.29, 1.82) is 0 Å². The molecule has 14 unspecified atom stereocenters. The summed E-state index contributed by atoms with van der Waals surface area (Å²) in [7, 11) is 1.37. The third kappa shape index (κ3) is 20.9. The van der Waals surface area contributed by atoms with Gasteiger partial charge in [-0.1, -0.05) is 0 Å². The molecule has 36 atom stereocenters. The van der Waals surface area contributed by atoms with Gasteiger partial charge in [0.15, 0.2) is 44.0 Å². The molecule has 0 aromatic rings. The molecule has 0 amide bonds. The van der Waals surface area contributed by atoms with Gasteiger partial charge in [-0.05, 0) is 14.0 Å². The van der Waals surface area contributed by atoms with Crippen LogP contribution in [0.15, 0.2) is 0 Å². The zero-order chi connectivity index (χ0) is 74.5. The second-order valence-corrected chi connectivity index (χ2v) is 27.8. The highest BCUT2D eigenvalue weighted by molar-refractivity contribution is 7.99. The van der Waals surface area contributed by atoms with E-state index in [9.17, 15) is 121 Å². The number of ketones is 2. The van der Waals surface area contributed by atoms with Crippen LogP contribution in [-0.4, -0.2) is 430 Å². The highest BCUT2D eigenvalue weighted by Gasteiger charge is 2.59. The van der Waals surface area contributed by atoms with E-state index in [0.29, 0.717) is 0 Å². The van der Waals surface area contributed by atoms with Crippen LogP contribution in [0.4, 0.5) is 0 Å². The van der Waals surface area contributed by atoms with E-state index in [1.807, 2.05) is 0 Å². The van der Waals surface area contributed by atoms with Crippen LogP contribution >= 0.6 is 23.5 Å². The molecule has 21 aliphatic heterocycles. The number of aliphatic hydroxyl groups excluding tert-OH is 18. The van der Waals surface area contributed by atoms with Crippen molar-refractivity contribution in [3.05, 3.63) is 0 Å². The van der Waals surface area contributed by atoms with Gasteiger partial charge in [-0.3, -0.25) is 19.2 Å². The summed E-state index contributed by atoms with van der Waals surface area (Å²) in [6.45, 7) is -3.58. The number of carbonyl (C=O) groups excluding carboxylic acids is 2. The molecule has 21 heterocycles. The van der Waals surface area contributed by atoms with Gasteiger partial charge in [0.25, 0.3) is 0 Å². The van der Waals surface area contributed by atoms with Gasteiger partial charge in [0.2, 0.25) is 0 Å². The fourth-order valence-corrected chi connectivity index (χ4v) is 14.9. The Balaban J connectivity index is 1.07. The Kier molecular flexibility index (Phi) is 33.2. The van der Waals surface area contributed by atoms with Crippen LogP contribution in [0.1, 0.15) is 32.6 Å². The van der Waals surface area contributed by atoms with Crippen LogP contribution < -0.4 is 5.32 Å². The number of rotatable bonds is 27. The van der Waals surface area contributed by atoms with E-state index in [-0.39, 0.29) is 62.3 Å². The molecule has 21 aliphatic rings. The summed E-state index contributed by atoms with van der Waals surface area (Å²) < 4.78 is 93.8. The number of hydrogen-bond donors (Lipinski definition) is 21. The number of thioether (sulfide) groups is 2. The first-order valence-electron chi connectivity index (χ1n) is 33.1. The van der Waals surface area contributed by atoms with Crippen molar-refractivity contribution in [2.24, 2.45) is 5.92 Å². The summed E-state index contributed by atoms with van der Waals surface area (Å²) in [5, 5.41) is 228. The maximum absolute atomic E-state index is 13.0. The fourth-order valence-electron chi connectivity index (χ4n) is 12.6. The number of ether oxygens (including phenoxy) is 16. The highest BCUT2D eigenvalue weighted by Crippen LogP contribution is 2.40. The van der Waals surface area contributed by atoms with Crippen LogP contribution in [0.2, 0.25) is 0 Å². The predicted molar refractivity (Wildman–Crippen MR) is 330 cm³/mol. The molecule has 0 aliphatic carbocycles. The Hall–Kier alpha value is -2.42. The van der Waals surface area contributed by atoms with Crippen LogP contribution in [0.25, 0.3) is 0 Å². The fraction of sp³-hybridized carbons (Fsp3) is 0.932. The molecule has 41 nitrogen and oxygen atoms in total. The average molecular weight is 1520 g/mol. The molecule has 0 radical (unpaired) electrons. The van der Waals surface area contributed by atoms with Gasteiger partial charge in [0, 0.05) is 48.7 Å². The van der Waals surface area contributed by atoms with Crippen molar-refractivity contribution >= 4 is 47.0 Å². The molecule has 21 N–H and O–H groups in total. The van der Waals surface area contributed by atoms with E-state index in [1.54, 1.807) is 0 Å². The monoisotopic (exact) mass is 1520 g/mol. The van der Waals surface area contributed by atoms with Gasteiger partial charge < -0.3 is 183 Å². The van der Waals surface area contributed by atoms with Gasteiger partial charge >= 0.3 is 11.9 Å². The molecule has 0 aromatic carbocycles. The van der Waals surface area contributed by atoms with Crippen LogP contribution in [0.5, 0.6) is 0 Å². The van der Waals surface area contributed by atoms with E-state index in [2.05, 4.69) is 5.32 Å². The molecule has 0 aromatic heterocycles. The zero-order valence-corrected chi connectivity index (χ0v) is 56.9. The van der Waals surface area contributed by atoms with Crippen molar-refractivity contribution in [2.75, 3.05) is 89.5 Å². The number of carboxylic acids is 2. The van der Waals surface area contributed by atoms with E-state index < -0.39 is 290 Å². The van der Waals surface area contributed by atoms with Gasteiger partial charge in [-0.25, -0.2) is 0 Å². The van der Waals surface area contributed by atoms with Gasteiger partial charge in [0.1, 0.15) is 164 Å². The minimum absolute atomic E-state index is 0.0722. The smallest absolute Gasteiger partial charge is 0.321 e. The Morgan fingerprint density at radius 2 is 0.706 bits per heavy atom. The number of Topliss-reactive ketones (excluding diaryl/α,β-unsaturated/α-hetero) is 2. The van der Waals surface area contributed by atoms with E-state index in [0.717, 1.165) is 23.5 Å². The highest BCUT2D eigenvalue weighted by atomic mass is 32.2. The van der Waals surface area contributed by atoms with Crippen molar-refractivity contribution in [3.8, 4) is 0 Å². The van der Waals surface area contributed by atoms with Gasteiger partial charge in [0.05, 0.1) is 83.7 Å². The van der Waals surface area contributed by atoms with Crippen LogP contribution in [0, 0.1) is 5.92 Å². The molecule has 21 fully saturated rings. The standard InChI is InChI=1S/C59H97NO40S2/c1-20(66)3-5-85-7-8-86-6-4-22(67)9-21(51(81)82)16-101-18-31-50-38(74)44(80)59(93-31)98-45-27(12-62)89-54(39(75)33(45)69)87-25-10-24(68)53(88-26(25)11-61)95-49-32(19-102-17-23(60-2)52(83)84)94-58(43(79)37(49)73)99-48-30(15-65)91-56(41(77)35(48)71)96-46-28(13-63)90-55(40(76)34(46)70)97-47-29(14-64)92-57(100-50)42(78)36(47)72/h21,23-50,53-65,68-80H,3-19H2,1-2H3,(H,81,82)(H,83,84)/t21-,23-,24?,25+,26?,27?,28?,29?,30?,31?,32?,33-,34-,35-,36-,37-,38-,39?,40?,41?,42?,43?,44?,45-,46-,47-,48-,49-,50-,53+,54-,55-,56-,57-,58+,59-/m1/s1. The molecule has 0 saturated carbocycles. The van der Waals surface area contributed by atoms with Gasteiger partial charge in [-0.2, -0.15) is 23.5 Å². The second-order valence-electron chi connectivity index (χ2n) is 25.6. The van der Waals surface area contributed by atoms with E-state index in [1.165, 1.54) is 14.0 Å². The quantitative estimate of drug-likeness (QED) is 0.0340. The molecule has 102 heavy (non-hydrogen) atoms. The normalized spacial score (nSPS) is 44.5. The topological polar surface area (TPSA) is 633 Å². The van der Waals surface area contributed by atoms with E-state index >= 15 is 0 Å². The number of carboxylic acid groups (broad SMARTS) is 2. The average Bonchev–Trinajstić information content (AvgIpc) is 0.781. The van der Waals surface area contributed by atoms with Gasteiger partial charge in [-0.15, -0.1) is 0 Å². The summed E-state index contributed by atoms with van der Waals surface area (Å²) in [6.07, 6.45) is -68.4. The van der Waals surface area contributed by atoms with Crippen LogP contribution in [0.3, 0.4) is 0 Å². The lowest BCUT2D eigenvalue weighted by Crippen LogP contribution is -2.68. The molecular weight excluding hydrogens is 1430 g/mol. The largest absolute Gasteiger partial charge is 0.481 e. The molecule has 21 saturated heterocycles. The maximum Gasteiger partial charge on any atom is 0.321 e. The lowest BCUT2D eigenvalue weighted by atomic mass is 9.95. The predicted octanol–water partition coefficient (Wildman–Crippen LogP) is -12.0. The van der Waals surface area contributed by atoms with Crippen molar-refractivity contribution in [2.45, 2.75) is 247 Å². The molecule has 14 bridgehead atoms. The molecule has 43 heteroatoms. The molecule has 21 rings (SSSR count).